The summed E-state index contributed by atoms with van der Waals surface area (Å²) in [6.45, 7) is 0.464. The van der Waals surface area contributed by atoms with Gasteiger partial charge >= 0.3 is 0 Å². The first kappa shape index (κ1) is 14.5. The number of hydrogen-bond donors (Lipinski definition) is 2. The standard InChI is InChI=1S/C15H15N3O3/c16-7-3-8-18(10-11-4-2-9-21-11)15(20)12-5-1-6-13(17)14(12)19/h1-2,4-6,9,19H,3,8,10,17H2. The number of para-hydroxylation sites is 1. The molecule has 108 valence electrons. The number of furan rings is 1. The Bertz CT molecular complexity index is 659. The Morgan fingerprint density at radius 1 is 1.38 bits per heavy atom. The number of aromatic hydroxyl groups is 1. The summed E-state index contributed by atoms with van der Waals surface area (Å²) in [5, 5.41) is 18.6. The maximum Gasteiger partial charge on any atom is 0.258 e. The Balaban J connectivity index is 2.25. The van der Waals surface area contributed by atoms with Crippen molar-refractivity contribution in [2.75, 3.05) is 12.3 Å². The number of benzene rings is 1. The van der Waals surface area contributed by atoms with Gasteiger partial charge in [0.2, 0.25) is 0 Å². The Labute approximate surface area is 122 Å². The van der Waals surface area contributed by atoms with Crippen LogP contribution in [0.1, 0.15) is 22.5 Å². The van der Waals surface area contributed by atoms with Crippen molar-refractivity contribution < 1.29 is 14.3 Å². The maximum atomic E-state index is 12.5. The second-order valence-electron chi connectivity index (χ2n) is 4.46. The van der Waals surface area contributed by atoms with Crippen LogP contribution in [-0.4, -0.2) is 22.5 Å². The van der Waals surface area contributed by atoms with Crippen molar-refractivity contribution in [1.29, 1.82) is 5.26 Å². The quantitative estimate of drug-likeness (QED) is 0.647. The van der Waals surface area contributed by atoms with E-state index >= 15 is 0 Å². The van der Waals surface area contributed by atoms with Crippen molar-refractivity contribution >= 4 is 11.6 Å². The van der Waals surface area contributed by atoms with Crippen LogP contribution in [-0.2, 0) is 6.54 Å². The Morgan fingerprint density at radius 3 is 2.86 bits per heavy atom. The molecule has 0 bridgehead atoms. The maximum absolute atomic E-state index is 12.5. The number of nitrogens with two attached hydrogens (primary N) is 1. The van der Waals surface area contributed by atoms with Crippen molar-refractivity contribution in [3.05, 3.63) is 47.9 Å². The number of carbonyl (C=O) groups excluding carboxylic acids is 1. The number of nitrogen functional groups attached to an aromatic ring is 1. The fourth-order valence-corrected chi connectivity index (χ4v) is 1.93. The molecule has 1 aromatic heterocycles. The molecule has 3 N–H and O–H groups in total. The van der Waals surface area contributed by atoms with Crippen LogP contribution >= 0.6 is 0 Å². The highest BCUT2D eigenvalue weighted by Crippen LogP contribution is 2.26. The van der Waals surface area contributed by atoms with E-state index in [2.05, 4.69) is 0 Å². The minimum Gasteiger partial charge on any atom is -0.505 e. The number of nitrogens with zero attached hydrogens (tertiary/aromatic N) is 2. The highest BCUT2D eigenvalue weighted by molar-refractivity contribution is 5.98. The number of hydrogen-bond acceptors (Lipinski definition) is 5. The largest absolute Gasteiger partial charge is 0.505 e. The van der Waals surface area contributed by atoms with Gasteiger partial charge in [-0.25, -0.2) is 0 Å². The van der Waals surface area contributed by atoms with E-state index in [0.717, 1.165) is 0 Å². The molecule has 0 radical (unpaired) electrons. The highest BCUT2D eigenvalue weighted by Gasteiger charge is 2.20. The summed E-state index contributed by atoms with van der Waals surface area (Å²) in [4.78, 5) is 14.0. The zero-order valence-corrected chi connectivity index (χ0v) is 11.3. The van der Waals surface area contributed by atoms with Crippen molar-refractivity contribution in [2.24, 2.45) is 0 Å². The van der Waals surface area contributed by atoms with E-state index in [0.29, 0.717) is 5.76 Å². The lowest BCUT2D eigenvalue weighted by Gasteiger charge is -2.21. The van der Waals surface area contributed by atoms with E-state index in [1.807, 2.05) is 6.07 Å². The lowest BCUT2D eigenvalue weighted by atomic mass is 10.1. The van der Waals surface area contributed by atoms with Crippen molar-refractivity contribution in [1.82, 2.24) is 4.90 Å². The van der Waals surface area contributed by atoms with Gasteiger partial charge in [-0.15, -0.1) is 0 Å². The van der Waals surface area contributed by atoms with Crippen LogP contribution in [0.3, 0.4) is 0 Å². The first-order valence-corrected chi connectivity index (χ1v) is 6.39. The summed E-state index contributed by atoms with van der Waals surface area (Å²) in [5.74, 6) is -0.0416. The fraction of sp³-hybridized carbons (Fsp3) is 0.200. The van der Waals surface area contributed by atoms with Gasteiger partial charge in [-0.3, -0.25) is 4.79 Å². The van der Waals surface area contributed by atoms with Crippen LogP contribution in [0.2, 0.25) is 0 Å². The second-order valence-corrected chi connectivity index (χ2v) is 4.46. The monoisotopic (exact) mass is 285 g/mol. The van der Waals surface area contributed by atoms with Crippen LogP contribution in [0.5, 0.6) is 5.75 Å². The average molecular weight is 285 g/mol. The lowest BCUT2D eigenvalue weighted by molar-refractivity contribution is 0.0732. The van der Waals surface area contributed by atoms with Gasteiger partial charge in [0, 0.05) is 6.54 Å². The predicted molar refractivity (Wildman–Crippen MR) is 76.2 cm³/mol. The minimum absolute atomic E-state index is 0.111. The first-order chi connectivity index (χ1) is 10.1. The predicted octanol–water partition coefficient (Wildman–Crippen LogP) is 2.12. The van der Waals surface area contributed by atoms with Crippen molar-refractivity contribution in [3.8, 4) is 11.8 Å². The molecule has 1 amide bonds. The van der Waals surface area contributed by atoms with E-state index in [1.165, 1.54) is 23.3 Å². The molecule has 0 fully saturated rings. The van der Waals surface area contributed by atoms with Gasteiger partial charge in [0.05, 0.1) is 36.5 Å². The number of anilines is 1. The van der Waals surface area contributed by atoms with Crippen LogP contribution in [0.15, 0.2) is 41.0 Å². The van der Waals surface area contributed by atoms with Gasteiger partial charge < -0.3 is 20.2 Å². The summed E-state index contributed by atoms with van der Waals surface area (Å²) in [6, 6.07) is 10.1. The summed E-state index contributed by atoms with van der Waals surface area (Å²) in [6.07, 6.45) is 1.70. The molecule has 6 heteroatoms. The second kappa shape index (κ2) is 6.48. The molecule has 2 aromatic rings. The lowest BCUT2D eigenvalue weighted by Crippen LogP contribution is -2.31. The van der Waals surface area contributed by atoms with E-state index in [9.17, 15) is 9.90 Å². The van der Waals surface area contributed by atoms with Crippen molar-refractivity contribution in [3.63, 3.8) is 0 Å². The molecule has 0 saturated heterocycles. The van der Waals surface area contributed by atoms with Crippen LogP contribution in [0, 0.1) is 11.3 Å². The molecule has 21 heavy (non-hydrogen) atoms. The number of amides is 1. The highest BCUT2D eigenvalue weighted by atomic mass is 16.3. The molecule has 2 rings (SSSR count). The number of rotatable bonds is 5. The third-order valence-corrected chi connectivity index (χ3v) is 3.01. The molecule has 0 aliphatic heterocycles. The average Bonchev–Trinajstić information content (AvgIpc) is 2.98. The van der Waals surface area contributed by atoms with Crippen molar-refractivity contribution in [2.45, 2.75) is 13.0 Å². The zero-order valence-electron chi connectivity index (χ0n) is 11.3. The van der Waals surface area contributed by atoms with E-state index in [1.54, 1.807) is 18.2 Å². The topological polar surface area (TPSA) is 103 Å². The summed E-state index contributed by atoms with van der Waals surface area (Å²) >= 11 is 0. The Morgan fingerprint density at radius 2 is 2.19 bits per heavy atom. The SMILES string of the molecule is N#CCCN(Cc1ccco1)C(=O)c1cccc(N)c1O. The minimum atomic E-state index is -0.397. The van der Waals surface area contributed by atoms with Gasteiger partial charge in [-0.1, -0.05) is 6.07 Å². The Kier molecular flexibility index (Phi) is 4.46. The van der Waals surface area contributed by atoms with E-state index in [-0.39, 0.29) is 36.5 Å². The molecule has 0 atom stereocenters. The third kappa shape index (κ3) is 3.34. The number of nitriles is 1. The molecule has 0 aliphatic carbocycles. The first-order valence-electron chi connectivity index (χ1n) is 6.39. The van der Waals surface area contributed by atoms with Crippen LogP contribution in [0.25, 0.3) is 0 Å². The van der Waals surface area contributed by atoms with Crippen LogP contribution < -0.4 is 5.73 Å². The molecular weight excluding hydrogens is 270 g/mol. The third-order valence-electron chi connectivity index (χ3n) is 3.01. The van der Waals surface area contributed by atoms with Gasteiger partial charge in [0.15, 0.2) is 5.75 Å². The molecule has 1 heterocycles. The van der Waals surface area contributed by atoms with Gasteiger partial charge in [-0.2, -0.15) is 5.26 Å². The molecular formula is C15H15N3O3. The van der Waals surface area contributed by atoms with E-state index < -0.39 is 5.91 Å². The van der Waals surface area contributed by atoms with Gasteiger partial charge in [0.1, 0.15) is 5.76 Å². The summed E-state index contributed by atoms with van der Waals surface area (Å²) in [7, 11) is 0. The van der Waals surface area contributed by atoms with E-state index in [4.69, 9.17) is 15.4 Å². The smallest absolute Gasteiger partial charge is 0.258 e. The van der Waals surface area contributed by atoms with Crippen LogP contribution in [0.4, 0.5) is 5.69 Å². The Hall–Kier alpha value is -2.94. The summed E-state index contributed by atoms with van der Waals surface area (Å²) < 4.78 is 5.22. The number of carbonyl (C=O) groups is 1. The molecule has 1 aromatic carbocycles. The summed E-state index contributed by atoms with van der Waals surface area (Å²) in [5.41, 5.74) is 5.85. The number of phenolic OH excluding ortho intramolecular Hbond substituents is 1. The van der Waals surface area contributed by atoms with Gasteiger partial charge in [-0.05, 0) is 24.3 Å². The number of phenols is 1. The molecule has 0 saturated carbocycles. The normalized spacial score (nSPS) is 10.0. The molecule has 0 spiro atoms. The van der Waals surface area contributed by atoms with Gasteiger partial charge in [0.25, 0.3) is 5.91 Å². The molecule has 0 unspecified atom stereocenters. The zero-order chi connectivity index (χ0) is 15.2. The molecule has 0 aliphatic rings. The molecule has 6 nitrogen and oxygen atoms in total. The fourth-order valence-electron chi connectivity index (χ4n) is 1.93.